The molecule has 1 aliphatic rings. The highest BCUT2D eigenvalue weighted by molar-refractivity contribution is 5.92. The smallest absolute Gasteiger partial charge is 0.246 e. The Morgan fingerprint density at radius 1 is 1.12 bits per heavy atom. The van der Waals surface area contributed by atoms with Crippen LogP contribution in [0, 0.1) is 5.92 Å². The molecule has 2 aromatic carbocycles. The van der Waals surface area contributed by atoms with Crippen molar-refractivity contribution >= 4 is 12.0 Å². The van der Waals surface area contributed by atoms with E-state index < -0.39 is 0 Å². The Bertz CT molecular complexity index is 705. The molecule has 1 saturated carbocycles. The minimum absolute atomic E-state index is 0.0525. The number of nitrogens with zero attached hydrogens (tertiary/aromatic N) is 1. The number of hydrogen-bond acceptors (Lipinski definition) is 2. The number of amides is 1. The molecule has 1 aliphatic carbocycles. The average Bonchev–Trinajstić information content (AvgIpc) is 3.44. The van der Waals surface area contributed by atoms with E-state index >= 15 is 0 Å². The Kier molecular flexibility index (Phi) is 5.32. The lowest BCUT2D eigenvalue weighted by Gasteiger charge is -2.21. The summed E-state index contributed by atoms with van der Waals surface area (Å²) in [4.78, 5) is 14.6. The van der Waals surface area contributed by atoms with Gasteiger partial charge in [-0.1, -0.05) is 48.5 Å². The zero-order chi connectivity index (χ0) is 16.8. The van der Waals surface area contributed by atoms with Gasteiger partial charge in [-0.2, -0.15) is 0 Å². The van der Waals surface area contributed by atoms with E-state index in [2.05, 4.69) is 12.1 Å². The molecule has 0 atom stereocenters. The quantitative estimate of drug-likeness (QED) is 0.717. The van der Waals surface area contributed by atoms with Crippen molar-refractivity contribution < 1.29 is 9.53 Å². The van der Waals surface area contributed by atoms with Crippen LogP contribution in [0.4, 0.5) is 0 Å². The van der Waals surface area contributed by atoms with E-state index in [0.717, 1.165) is 23.4 Å². The van der Waals surface area contributed by atoms with E-state index in [1.165, 1.54) is 12.8 Å². The molecule has 0 saturated heterocycles. The van der Waals surface area contributed by atoms with Gasteiger partial charge in [0, 0.05) is 24.7 Å². The number of para-hydroxylation sites is 1. The first-order valence-electron chi connectivity index (χ1n) is 8.40. The SMILES string of the molecule is COc1ccccc1/C=C/C(=O)N(Cc1ccccc1)CC1CC1. The number of hydrogen-bond donors (Lipinski definition) is 0. The number of rotatable bonds is 7. The van der Waals surface area contributed by atoms with E-state index in [1.54, 1.807) is 13.2 Å². The van der Waals surface area contributed by atoms with Gasteiger partial charge in [0.15, 0.2) is 0 Å². The van der Waals surface area contributed by atoms with Gasteiger partial charge in [-0.15, -0.1) is 0 Å². The van der Waals surface area contributed by atoms with Crippen molar-refractivity contribution in [3.05, 3.63) is 71.8 Å². The topological polar surface area (TPSA) is 29.5 Å². The fourth-order valence-corrected chi connectivity index (χ4v) is 2.72. The lowest BCUT2D eigenvalue weighted by atomic mass is 10.1. The molecule has 124 valence electrons. The Balaban J connectivity index is 1.71. The van der Waals surface area contributed by atoms with Crippen LogP contribution in [0.3, 0.4) is 0 Å². The first-order chi connectivity index (χ1) is 11.8. The first kappa shape index (κ1) is 16.3. The molecule has 1 amide bonds. The lowest BCUT2D eigenvalue weighted by Crippen LogP contribution is -2.31. The van der Waals surface area contributed by atoms with Crippen molar-refractivity contribution in [2.24, 2.45) is 5.92 Å². The maximum atomic E-state index is 12.7. The highest BCUT2D eigenvalue weighted by atomic mass is 16.5. The number of carbonyl (C=O) groups excluding carboxylic acids is 1. The Morgan fingerprint density at radius 3 is 2.54 bits per heavy atom. The van der Waals surface area contributed by atoms with Crippen LogP contribution in [0.2, 0.25) is 0 Å². The summed E-state index contributed by atoms with van der Waals surface area (Å²) in [6, 6.07) is 17.9. The van der Waals surface area contributed by atoms with Crippen LogP contribution in [0.25, 0.3) is 6.08 Å². The Hall–Kier alpha value is -2.55. The number of carbonyl (C=O) groups is 1. The summed E-state index contributed by atoms with van der Waals surface area (Å²) in [5.74, 6) is 1.49. The van der Waals surface area contributed by atoms with E-state index in [-0.39, 0.29) is 5.91 Å². The van der Waals surface area contributed by atoms with E-state index in [4.69, 9.17) is 4.74 Å². The molecule has 0 N–H and O–H groups in total. The van der Waals surface area contributed by atoms with Gasteiger partial charge in [0.25, 0.3) is 0 Å². The van der Waals surface area contributed by atoms with Crippen LogP contribution in [-0.2, 0) is 11.3 Å². The molecule has 0 radical (unpaired) electrons. The highest BCUT2D eigenvalue weighted by Gasteiger charge is 2.26. The molecule has 0 aliphatic heterocycles. The molecule has 3 heteroatoms. The van der Waals surface area contributed by atoms with Gasteiger partial charge in [0.2, 0.25) is 5.91 Å². The summed E-state index contributed by atoms with van der Waals surface area (Å²) < 4.78 is 5.33. The molecule has 2 aromatic rings. The second-order valence-electron chi connectivity index (χ2n) is 6.22. The number of benzene rings is 2. The summed E-state index contributed by atoms with van der Waals surface area (Å²) in [7, 11) is 1.64. The molecule has 3 nitrogen and oxygen atoms in total. The van der Waals surface area contributed by atoms with Crippen molar-refractivity contribution in [3.8, 4) is 5.75 Å². The summed E-state index contributed by atoms with van der Waals surface area (Å²) in [5, 5.41) is 0. The highest BCUT2D eigenvalue weighted by Crippen LogP contribution is 2.30. The Labute approximate surface area is 143 Å². The zero-order valence-electron chi connectivity index (χ0n) is 14.0. The molecular weight excluding hydrogens is 298 g/mol. The normalized spacial score (nSPS) is 13.9. The van der Waals surface area contributed by atoms with Gasteiger partial charge >= 0.3 is 0 Å². The van der Waals surface area contributed by atoms with Gasteiger partial charge in [-0.3, -0.25) is 4.79 Å². The maximum absolute atomic E-state index is 12.7. The second kappa shape index (κ2) is 7.82. The van der Waals surface area contributed by atoms with Crippen molar-refractivity contribution in [2.75, 3.05) is 13.7 Å². The van der Waals surface area contributed by atoms with Crippen LogP contribution >= 0.6 is 0 Å². The Morgan fingerprint density at radius 2 is 1.83 bits per heavy atom. The average molecular weight is 321 g/mol. The minimum Gasteiger partial charge on any atom is -0.496 e. The fraction of sp³-hybridized carbons (Fsp3) is 0.286. The van der Waals surface area contributed by atoms with Crippen LogP contribution in [0.15, 0.2) is 60.7 Å². The van der Waals surface area contributed by atoms with E-state index in [1.807, 2.05) is 53.4 Å². The molecule has 0 spiro atoms. The fourth-order valence-electron chi connectivity index (χ4n) is 2.72. The van der Waals surface area contributed by atoms with Gasteiger partial charge in [0.1, 0.15) is 5.75 Å². The number of ether oxygens (including phenoxy) is 1. The molecule has 0 heterocycles. The molecule has 24 heavy (non-hydrogen) atoms. The molecular formula is C21H23NO2. The van der Waals surface area contributed by atoms with Gasteiger partial charge in [0.05, 0.1) is 7.11 Å². The van der Waals surface area contributed by atoms with Crippen molar-refractivity contribution in [1.29, 1.82) is 0 Å². The number of methoxy groups -OCH3 is 1. The van der Waals surface area contributed by atoms with Crippen molar-refractivity contribution in [3.63, 3.8) is 0 Å². The third-order valence-corrected chi connectivity index (χ3v) is 4.25. The third-order valence-electron chi connectivity index (χ3n) is 4.25. The standard InChI is InChI=1S/C21H23NO2/c1-24-20-10-6-5-9-19(20)13-14-21(23)22(16-18-11-12-18)15-17-7-3-2-4-8-17/h2-10,13-14,18H,11-12,15-16H2,1H3/b14-13+. The first-order valence-corrected chi connectivity index (χ1v) is 8.40. The monoisotopic (exact) mass is 321 g/mol. The van der Waals surface area contributed by atoms with Crippen molar-refractivity contribution in [1.82, 2.24) is 4.90 Å². The summed E-state index contributed by atoms with van der Waals surface area (Å²) >= 11 is 0. The third kappa shape index (κ3) is 4.48. The summed E-state index contributed by atoms with van der Waals surface area (Å²) in [6.45, 7) is 1.50. The van der Waals surface area contributed by atoms with E-state index in [0.29, 0.717) is 12.5 Å². The van der Waals surface area contributed by atoms with Crippen LogP contribution in [-0.4, -0.2) is 24.5 Å². The summed E-state index contributed by atoms with van der Waals surface area (Å²) in [6.07, 6.45) is 5.96. The predicted molar refractivity (Wildman–Crippen MR) is 96.6 cm³/mol. The second-order valence-corrected chi connectivity index (χ2v) is 6.22. The van der Waals surface area contributed by atoms with Crippen LogP contribution in [0.5, 0.6) is 5.75 Å². The molecule has 3 rings (SSSR count). The van der Waals surface area contributed by atoms with Gasteiger partial charge < -0.3 is 9.64 Å². The molecule has 1 fully saturated rings. The van der Waals surface area contributed by atoms with Gasteiger partial charge in [-0.25, -0.2) is 0 Å². The minimum atomic E-state index is 0.0525. The molecule has 0 aromatic heterocycles. The van der Waals surface area contributed by atoms with E-state index in [9.17, 15) is 4.79 Å². The predicted octanol–water partition coefficient (Wildman–Crippen LogP) is 4.15. The molecule has 0 bridgehead atoms. The van der Waals surface area contributed by atoms with Crippen LogP contribution < -0.4 is 4.74 Å². The van der Waals surface area contributed by atoms with Crippen LogP contribution in [0.1, 0.15) is 24.0 Å². The van der Waals surface area contributed by atoms with Crippen molar-refractivity contribution in [2.45, 2.75) is 19.4 Å². The molecule has 0 unspecified atom stereocenters. The van der Waals surface area contributed by atoms with Gasteiger partial charge in [-0.05, 0) is 36.5 Å². The maximum Gasteiger partial charge on any atom is 0.246 e. The summed E-state index contributed by atoms with van der Waals surface area (Å²) in [5.41, 5.74) is 2.08. The lowest BCUT2D eigenvalue weighted by molar-refractivity contribution is -0.126. The zero-order valence-corrected chi connectivity index (χ0v) is 14.0. The largest absolute Gasteiger partial charge is 0.496 e.